The van der Waals surface area contributed by atoms with E-state index in [-0.39, 0.29) is 17.6 Å². The van der Waals surface area contributed by atoms with Gasteiger partial charge in [0.15, 0.2) is 15.8 Å². The Morgan fingerprint density at radius 1 is 1.25 bits per heavy atom. The predicted octanol–water partition coefficient (Wildman–Crippen LogP) is 0.377. The van der Waals surface area contributed by atoms with Crippen LogP contribution in [0, 0.1) is 5.92 Å². The molecule has 2 rings (SSSR count). The van der Waals surface area contributed by atoms with Gasteiger partial charge in [0.05, 0.1) is 10.5 Å². The van der Waals surface area contributed by atoms with Crippen molar-refractivity contribution in [3.05, 3.63) is 0 Å². The molecule has 2 fully saturated rings. The van der Waals surface area contributed by atoms with E-state index in [1.165, 1.54) is 0 Å². The molecule has 1 amide bonds. The van der Waals surface area contributed by atoms with Crippen LogP contribution in [0.1, 0.15) is 39.5 Å². The highest BCUT2D eigenvalue weighted by molar-refractivity contribution is 7.92. The molecule has 0 spiro atoms. The van der Waals surface area contributed by atoms with E-state index in [9.17, 15) is 13.2 Å². The Morgan fingerprint density at radius 2 is 1.92 bits per heavy atom. The topological polar surface area (TPSA) is 90.9 Å². The van der Waals surface area contributed by atoms with Gasteiger partial charge in [-0.25, -0.2) is 8.42 Å². The molecule has 1 saturated heterocycles. The van der Waals surface area contributed by atoms with E-state index in [2.05, 4.69) is 15.6 Å². The van der Waals surface area contributed by atoms with E-state index in [1.807, 2.05) is 4.90 Å². The van der Waals surface area contributed by atoms with Crippen LogP contribution >= 0.6 is 0 Å². The zero-order chi connectivity index (χ0) is 17.8. The summed E-state index contributed by atoms with van der Waals surface area (Å²) < 4.78 is 23.4. The first-order valence-corrected chi connectivity index (χ1v) is 10.4. The molecular formula is C16H30N4O3S. The Balaban J connectivity index is 1.72. The largest absolute Gasteiger partial charge is 0.356 e. The van der Waals surface area contributed by atoms with Crippen LogP contribution in [0.4, 0.5) is 0 Å². The summed E-state index contributed by atoms with van der Waals surface area (Å²) in [5.74, 6) is 1.28. The molecule has 0 aromatic rings. The number of rotatable bonds is 5. The minimum absolute atomic E-state index is 0.151. The van der Waals surface area contributed by atoms with E-state index in [1.54, 1.807) is 20.9 Å². The lowest BCUT2D eigenvalue weighted by Gasteiger charge is -2.39. The molecule has 0 radical (unpaired) electrons. The molecule has 2 aliphatic rings. The Morgan fingerprint density at radius 3 is 2.46 bits per heavy atom. The fraction of sp³-hybridized carbons (Fsp3) is 0.875. The third-order valence-electron chi connectivity index (χ3n) is 4.97. The standard InChI is InChI=1S/C16H30N4O3S/c1-16(2)12-20(10-11-24(16,22)23)15(17-3)19-9-5-8-18-14(21)13-6-4-7-13/h13H,4-12H2,1-3H3,(H,17,19)(H,18,21). The zero-order valence-electron chi connectivity index (χ0n) is 15.0. The summed E-state index contributed by atoms with van der Waals surface area (Å²) in [6.45, 7) is 5.77. The fourth-order valence-corrected chi connectivity index (χ4v) is 4.34. The number of hydrogen-bond donors (Lipinski definition) is 2. The fourth-order valence-electron chi connectivity index (χ4n) is 2.97. The van der Waals surface area contributed by atoms with Crippen molar-refractivity contribution in [2.75, 3.05) is 39.0 Å². The number of guanidine groups is 1. The maximum absolute atomic E-state index is 12.1. The Labute approximate surface area is 145 Å². The molecule has 1 saturated carbocycles. The molecule has 7 nitrogen and oxygen atoms in total. The average molecular weight is 359 g/mol. The molecule has 0 unspecified atom stereocenters. The van der Waals surface area contributed by atoms with Crippen molar-refractivity contribution in [2.45, 2.75) is 44.3 Å². The van der Waals surface area contributed by atoms with Crippen LogP contribution in [0.3, 0.4) is 0 Å². The van der Waals surface area contributed by atoms with E-state index in [4.69, 9.17) is 0 Å². The van der Waals surface area contributed by atoms with E-state index < -0.39 is 14.6 Å². The average Bonchev–Trinajstić information content (AvgIpc) is 2.44. The second-order valence-corrected chi connectivity index (χ2v) is 9.99. The number of aliphatic imine (C=N–C) groups is 1. The molecule has 0 bridgehead atoms. The molecule has 0 atom stereocenters. The van der Waals surface area contributed by atoms with Gasteiger partial charge in [-0.3, -0.25) is 9.79 Å². The Hall–Kier alpha value is -1.31. The SMILES string of the molecule is CN=C(NCCCNC(=O)C1CCC1)N1CCS(=O)(=O)C(C)(C)C1. The summed E-state index contributed by atoms with van der Waals surface area (Å²) in [5, 5.41) is 6.23. The van der Waals surface area contributed by atoms with Crippen LogP contribution in [0.25, 0.3) is 0 Å². The van der Waals surface area contributed by atoms with Gasteiger partial charge in [0.1, 0.15) is 0 Å². The summed E-state index contributed by atoms with van der Waals surface area (Å²) in [6.07, 6.45) is 4.01. The molecule has 8 heteroatoms. The van der Waals surface area contributed by atoms with E-state index >= 15 is 0 Å². The summed E-state index contributed by atoms with van der Waals surface area (Å²) in [4.78, 5) is 18.0. The smallest absolute Gasteiger partial charge is 0.223 e. The van der Waals surface area contributed by atoms with Crippen molar-refractivity contribution >= 4 is 21.7 Å². The van der Waals surface area contributed by atoms with Crippen molar-refractivity contribution in [1.82, 2.24) is 15.5 Å². The van der Waals surface area contributed by atoms with Gasteiger partial charge < -0.3 is 15.5 Å². The Kier molecular flexibility index (Phi) is 6.11. The normalized spacial score (nSPS) is 23.5. The van der Waals surface area contributed by atoms with Gasteiger partial charge in [0.25, 0.3) is 0 Å². The molecule has 1 aliphatic carbocycles. The van der Waals surface area contributed by atoms with E-state index in [0.717, 1.165) is 31.6 Å². The quantitative estimate of drug-likeness (QED) is 0.421. The maximum atomic E-state index is 12.1. The van der Waals surface area contributed by atoms with Crippen LogP contribution in [0.5, 0.6) is 0 Å². The molecule has 2 N–H and O–H groups in total. The van der Waals surface area contributed by atoms with E-state index in [0.29, 0.717) is 26.2 Å². The number of sulfone groups is 1. The zero-order valence-corrected chi connectivity index (χ0v) is 15.8. The minimum atomic E-state index is -3.05. The van der Waals surface area contributed by atoms with Gasteiger partial charge in [-0.15, -0.1) is 0 Å². The first kappa shape index (κ1) is 19.0. The third kappa shape index (κ3) is 4.40. The summed E-state index contributed by atoms with van der Waals surface area (Å²) in [6, 6.07) is 0. The second-order valence-electron chi connectivity index (χ2n) is 7.25. The number of carbonyl (C=O) groups is 1. The van der Waals surface area contributed by atoms with Gasteiger partial charge in [-0.1, -0.05) is 6.42 Å². The molecular weight excluding hydrogens is 328 g/mol. The van der Waals surface area contributed by atoms with Gasteiger partial charge in [0, 0.05) is 39.1 Å². The molecule has 1 aliphatic heterocycles. The van der Waals surface area contributed by atoms with Gasteiger partial charge >= 0.3 is 0 Å². The number of hydrogen-bond acceptors (Lipinski definition) is 4. The number of carbonyl (C=O) groups excluding carboxylic acids is 1. The number of amides is 1. The van der Waals surface area contributed by atoms with Crippen molar-refractivity contribution in [3.8, 4) is 0 Å². The minimum Gasteiger partial charge on any atom is -0.356 e. The van der Waals surface area contributed by atoms with Crippen molar-refractivity contribution in [1.29, 1.82) is 0 Å². The van der Waals surface area contributed by atoms with Crippen molar-refractivity contribution in [3.63, 3.8) is 0 Å². The first-order chi connectivity index (χ1) is 11.3. The highest BCUT2D eigenvalue weighted by atomic mass is 32.2. The molecule has 1 heterocycles. The van der Waals surface area contributed by atoms with Crippen LogP contribution < -0.4 is 10.6 Å². The summed E-state index contributed by atoms with van der Waals surface area (Å²) >= 11 is 0. The lowest BCUT2D eigenvalue weighted by molar-refractivity contribution is -0.127. The highest BCUT2D eigenvalue weighted by Gasteiger charge is 2.40. The molecule has 0 aromatic carbocycles. The third-order valence-corrected chi connectivity index (χ3v) is 7.50. The maximum Gasteiger partial charge on any atom is 0.223 e. The van der Waals surface area contributed by atoms with Crippen molar-refractivity contribution < 1.29 is 13.2 Å². The second kappa shape index (κ2) is 7.72. The lowest BCUT2D eigenvalue weighted by Crippen LogP contribution is -2.57. The number of nitrogens with zero attached hydrogens (tertiary/aromatic N) is 2. The van der Waals surface area contributed by atoms with Gasteiger partial charge in [-0.05, 0) is 33.1 Å². The van der Waals surface area contributed by atoms with Crippen LogP contribution in [0.15, 0.2) is 4.99 Å². The predicted molar refractivity (Wildman–Crippen MR) is 95.8 cm³/mol. The van der Waals surface area contributed by atoms with Gasteiger partial charge in [-0.2, -0.15) is 0 Å². The molecule has 138 valence electrons. The highest BCUT2D eigenvalue weighted by Crippen LogP contribution is 2.26. The van der Waals surface area contributed by atoms with Gasteiger partial charge in [0.2, 0.25) is 5.91 Å². The molecule has 0 aromatic heterocycles. The summed E-state index contributed by atoms with van der Waals surface area (Å²) in [5.41, 5.74) is 0. The van der Waals surface area contributed by atoms with Crippen LogP contribution in [0.2, 0.25) is 0 Å². The van der Waals surface area contributed by atoms with Crippen LogP contribution in [-0.2, 0) is 14.6 Å². The van der Waals surface area contributed by atoms with Crippen molar-refractivity contribution in [2.24, 2.45) is 10.9 Å². The first-order valence-electron chi connectivity index (χ1n) is 8.72. The summed E-state index contributed by atoms with van der Waals surface area (Å²) in [7, 11) is -1.35. The Bertz CT molecular complexity index is 582. The molecule has 24 heavy (non-hydrogen) atoms. The monoisotopic (exact) mass is 358 g/mol. The van der Waals surface area contributed by atoms with Crippen LogP contribution in [-0.4, -0.2) is 68.9 Å². The number of nitrogens with one attached hydrogen (secondary N) is 2. The lowest BCUT2D eigenvalue weighted by atomic mass is 9.85.